The summed E-state index contributed by atoms with van der Waals surface area (Å²) < 4.78 is 1.96. The molecule has 1 N–H and O–H groups in total. The Bertz CT molecular complexity index is 340. The third kappa shape index (κ3) is 2.78. The molecule has 16 heavy (non-hydrogen) atoms. The molecule has 2 fully saturated rings. The van der Waals surface area contributed by atoms with E-state index in [1.165, 1.54) is 38.5 Å². The third-order valence-electron chi connectivity index (χ3n) is 3.41. The molecular formula is C11H19N5. The van der Waals surface area contributed by atoms with Crippen molar-refractivity contribution in [1.82, 2.24) is 25.5 Å². The van der Waals surface area contributed by atoms with Crippen molar-refractivity contribution in [2.24, 2.45) is 5.92 Å². The zero-order valence-corrected chi connectivity index (χ0v) is 9.60. The zero-order chi connectivity index (χ0) is 10.8. The summed E-state index contributed by atoms with van der Waals surface area (Å²) in [4.78, 5) is 0. The number of nitrogens with one attached hydrogen (secondary N) is 1. The van der Waals surface area contributed by atoms with Crippen LogP contribution in [0.15, 0.2) is 0 Å². The highest BCUT2D eigenvalue weighted by Gasteiger charge is 2.22. The molecule has 2 aliphatic carbocycles. The molecule has 0 saturated heterocycles. The normalized spacial score (nSPS) is 20.2. The van der Waals surface area contributed by atoms with Crippen molar-refractivity contribution in [2.45, 2.75) is 57.7 Å². The van der Waals surface area contributed by atoms with Crippen LogP contribution in [0.1, 0.15) is 44.3 Å². The monoisotopic (exact) mass is 221 g/mol. The Morgan fingerprint density at radius 2 is 2.12 bits per heavy atom. The molecule has 0 aromatic carbocycles. The first-order chi connectivity index (χ1) is 7.92. The molecule has 0 unspecified atom stereocenters. The van der Waals surface area contributed by atoms with Gasteiger partial charge in [-0.15, -0.1) is 5.10 Å². The number of hydrogen-bond donors (Lipinski definition) is 1. The molecule has 0 amide bonds. The van der Waals surface area contributed by atoms with Gasteiger partial charge in [-0.25, -0.2) is 4.68 Å². The predicted molar refractivity (Wildman–Crippen MR) is 59.6 cm³/mol. The van der Waals surface area contributed by atoms with E-state index >= 15 is 0 Å². The van der Waals surface area contributed by atoms with Crippen molar-refractivity contribution in [3.63, 3.8) is 0 Å². The molecule has 5 heteroatoms. The molecule has 2 saturated carbocycles. The van der Waals surface area contributed by atoms with Gasteiger partial charge in [-0.3, -0.25) is 0 Å². The Morgan fingerprint density at radius 1 is 1.25 bits per heavy atom. The van der Waals surface area contributed by atoms with Crippen molar-refractivity contribution in [1.29, 1.82) is 0 Å². The Balaban J connectivity index is 1.45. The van der Waals surface area contributed by atoms with E-state index in [2.05, 4.69) is 20.8 Å². The van der Waals surface area contributed by atoms with Crippen LogP contribution in [0, 0.1) is 5.92 Å². The van der Waals surface area contributed by atoms with Crippen LogP contribution in [0.3, 0.4) is 0 Å². The maximum absolute atomic E-state index is 4.07. The summed E-state index contributed by atoms with van der Waals surface area (Å²) in [5.41, 5.74) is 0. The summed E-state index contributed by atoms with van der Waals surface area (Å²) in [6.45, 7) is 1.80. The van der Waals surface area contributed by atoms with E-state index in [1.54, 1.807) is 0 Å². The zero-order valence-electron chi connectivity index (χ0n) is 9.60. The second-order valence-corrected chi connectivity index (χ2v) is 5.06. The third-order valence-corrected chi connectivity index (χ3v) is 3.41. The molecule has 0 aliphatic heterocycles. The van der Waals surface area contributed by atoms with Gasteiger partial charge in [-0.1, -0.05) is 12.8 Å². The van der Waals surface area contributed by atoms with Crippen molar-refractivity contribution < 1.29 is 0 Å². The summed E-state index contributed by atoms with van der Waals surface area (Å²) >= 11 is 0. The van der Waals surface area contributed by atoms with Gasteiger partial charge in [-0.2, -0.15) is 0 Å². The van der Waals surface area contributed by atoms with E-state index < -0.39 is 0 Å². The fourth-order valence-corrected chi connectivity index (χ4v) is 1.98. The van der Waals surface area contributed by atoms with E-state index in [-0.39, 0.29) is 0 Å². The van der Waals surface area contributed by atoms with Gasteiger partial charge in [0.1, 0.15) is 0 Å². The molecule has 1 aromatic heterocycles. The van der Waals surface area contributed by atoms with Crippen molar-refractivity contribution in [3.8, 4) is 0 Å². The Hall–Kier alpha value is -0.970. The van der Waals surface area contributed by atoms with E-state index in [4.69, 9.17) is 0 Å². The number of aryl methyl sites for hydroxylation is 1. The summed E-state index contributed by atoms with van der Waals surface area (Å²) in [5.74, 6) is 1.99. The minimum absolute atomic E-state index is 0.719. The van der Waals surface area contributed by atoms with Crippen LogP contribution in [0.2, 0.25) is 0 Å². The van der Waals surface area contributed by atoms with E-state index in [1.807, 2.05) is 4.68 Å². The average molecular weight is 221 g/mol. The lowest BCUT2D eigenvalue weighted by atomic mass is 10.2. The molecule has 0 bridgehead atoms. The first-order valence-electron chi connectivity index (χ1n) is 6.40. The van der Waals surface area contributed by atoms with Crippen molar-refractivity contribution in [2.75, 3.05) is 0 Å². The second kappa shape index (κ2) is 4.49. The van der Waals surface area contributed by atoms with Gasteiger partial charge < -0.3 is 5.32 Å². The topological polar surface area (TPSA) is 55.6 Å². The van der Waals surface area contributed by atoms with Gasteiger partial charge in [0.15, 0.2) is 5.82 Å². The molecular weight excluding hydrogens is 202 g/mol. The molecule has 0 spiro atoms. The fourth-order valence-electron chi connectivity index (χ4n) is 1.98. The molecule has 1 aromatic rings. The predicted octanol–water partition coefficient (Wildman–Crippen LogP) is 1.12. The number of hydrogen-bond acceptors (Lipinski definition) is 4. The molecule has 88 valence electrons. The molecule has 0 atom stereocenters. The summed E-state index contributed by atoms with van der Waals surface area (Å²) in [6, 6.07) is 0.719. The van der Waals surface area contributed by atoms with Gasteiger partial charge in [-0.05, 0) is 42.0 Å². The number of tetrazole rings is 1. The summed E-state index contributed by atoms with van der Waals surface area (Å²) in [6.07, 6.45) is 8.05. The lowest BCUT2D eigenvalue weighted by Crippen LogP contribution is -2.19. The summed E-state index contributed by atoms with van der Waals surface area (Å²) in [5, 5.41) is 15.3. The molecule has 2 aliphatic rings. The highest BCUT2D eigenvalue weighted by molar-refractivity contribution is 4.86. The van der Waals surface area contributed by atoms with Gasteiger partial charge in [0, 0.05) is 12.6 Å². The van der Waals surface area contributed by atoms with E-state index in [9.17, 15) is 0 Å². The molecule has 1 heterocycles. The Labute approximate surface area is 95.6 Å². The molecule has 0 radical (unpaired) electrons. The maximum atomic E-state index is 4.07. The number of nitrogens with zero attached hydrogens (tertiary/aromatic N) is 4. The fraction of sp³-hybridized carbons (Fsp3) is 0.909. The van der Waals surface area contributed by atoms with Crippen LogP contribution < -0.4 is 5.32 Å². The largest absolute Gasteiger partial charge is 0.307 e. The van der Waals surface area contributed by atoms with Crippen LogP contribution in [-0.4, -0.2) is 26.2 Å². The minimum Gasteiger partial charge on any atom is -0.307 e. The smallest absolute Gasteiger partial charge is 0.165 e. The quantitative estimate of drug-likeness (QED) is 0.749. The van der Waals surface area contributed by atoms with Gasteiger partial charge in [0.05, 0.1) is 6.54 Å². The van der Waals surface area contributed by atoms with Gasteiger partial charge >= 0.3 is 0 Å². The molecule has 5 nitrogen and oxygen atoms in total. The SMILES string of the molecule is C(CC1CC1)Cn1nnnc1CNC1CC1. The van der Waals surface area contributed by atoms with Crippen LogP contribution in [-0.2, 0) is 13.1 Å². The highest BCUT2D eigenvalue weighted by atomic mass is 15.5. The lowest BCUT2D eigenvalue weighted by Gasteiger charge is -2.04. The Morgan fingerprint density at radius 3 is 2.88 bits per heavy atom. The van der Waals surface area contributed by atoms with Crippen LogP contribution in [0.25, 0.3) is 0 Å². The van der Waals surface area contributed by atoms with Crippen LogP contribution in [0.4, 0.5) is 0 Å². The van der Waals surface area contributed by atoms with E-state index in [0.29, 0.717) is 0 Å². The number of aromatic nitrogens is 4. The average Bonchev–Trinajstić information content (AvgIpc) is 3.18. The van der Waals surface area contributed by atoms with Crippen molar-refractivity contribution in [3.05, 3.63) is 5.82 Å². The first-order valence-corrected chi connectivity index (χ1v) is 6.40. The van der Waals surface area contributed by atoms with Gasteiger partial charge in [0.2, 0.25) is 0 Å². The molecule has 3 rings (SSSR count). The maximum Gasteiger partial charge on any atom is 0.165 e. The van der Waals surface area contributed by atoms with Crippen LogP contribution in [0.5, 0.6) is 0 Å². The first kappa shape index (κ1) is 10.2. The van der Waals surface area contributed by atoms with Crippen molar-refractivity contribution >= 4 is 0 Å². The minimum atomic E-state index is 0.719. The second-order valence-electron chi connectivity index (χ2n) is 5.06. The van der Waals surface area contributed by atoms with Gasteiger partial charge in [0.25, 0.3) is 0 Å². The standard InChI is InChI=1S/C11H19N5/c1(2-9-3-4-9)7-16-11(13-14-15-16)8-12-10-5-6-10/h9-10,12H,1-8H2. The van der Waals surface area contributed by atoms with E-state index in [0.717, 1.165) is 30.9 Å². The summed E-state index contributed by atoms with van der Waals surface area (Å²) in [7, 11) is 0. The highest BCUT2D eigenvalue weighted by Crippen LogP contribution is 2.33. The number of rotatable bonds is 7. The van der Waals surface area contributed by atoms with Crippen LogP contribution >= 0.6 is 0 Å². The Kier molecular flexibility index (Phi) is 2.86. The lowest BCUT2D eigenvalue weighted by molar-refractivity contribution is 0.496.